The van der Waals surface area contributed by atoms with Gasteiger partial charge in [0.1, 0.15) is 17.0 Å². The number of ether oxygens (including phenoxy) is 3. The molecule has 0 aliphatic heterocycles. The van der Waals surface area contributed by atoms with E-state index in [1.165, 1.54) is 21.3 Å². The van der Waals surface area contributed by atoms with Gasteiger partial charge in [0, 0.05) is 10.9 Å². The maximum absolute atomic E-state index is 12.0. The van der Waals surface area contributed by atoms with Crippen molar-refractivity contribution in [2.75, 3.05) is 21.3 Å². The van der Waals surface area contributed by atoms with E-state index in [1.807, 2.05) is 0 Å². The molecular formula is C13H12BrNO5. The lowest BCUT2D eigenvalue weighted by Crippen LogP contribution is -2.10. The summed E-state index contributed by atoms with van der Waals surface area (Å²) in [6.45, 7) is 0. The van der Waals surface area contributed by atoms with Crippen molar-refractivity contribution in [2.45, 2.75) is 0 Å². The highest BCUT2D eigenvalue weighted by atomic mass is 79.9. The van der Waals surface area contributed by atoms with Gasteiger partial charge in [-0.05, 0) is 28.1 Å². The van der Waals surface area contributed by atoms with Crippen LogP contribution in [0.25, 0.3) is 10.9 Å². The quantitative estimate of drug-likeness (QED) is 0.868. The van der Waals surface area contributed by atoms with E-state index >= 15 is 0 Å². The summed E-state index contributed by atoms with van der Waals surface area (Å²) in [5.41, 5.74) is 0.752. The van der Waals surface area contributed by atoms with Crippen LogP contribution < -0.4 is 4.74 Å². The molecule has 7 heteroatoms. The zero-order valence-electron chi connectivity index (χ0n) is 11.1. The Morgan fingerprint density at radius 3 is 2.30 bits per heavy atom. The van der Waals surface area contributed by atoms with Crippen LogP contribution in [0.2, 0.25) is 0 Å². The molecule has 1 N–H and O–H groups in total. The lowest BCUT2D eigenvalue weighted by Gasteiger charge is -2.05. The molecule has 2 rings (SSSR count). The summed E-state index contributed by atoms with van der Waals surface area (Å²) >= 11 is 3.37. The van der Waals surface area contributed by atoms with Crippen molar-refractivity contribution < 1.29 is 23.8 Å². The third-order valence-electron chi connectivity index (χ3n) is 2.87. The molecule has 0 atom stereocenters. The number of esters is 2. The maximum Gasteiger partial charge on any atom is 0.355 e. The van der Waals surface area contributed by atoms with Gasteiger partial charge >= 0.3 is 11.9 Å². The van der Waals surface area contributed by atoms with Crippen LogP contribution in [0.5, 0.6) is 5.75 Å². The first-order chi connectivity index (χ1) is 9.54. The van der Waals surface area contributed by atoms with Gasteiger partial charge in [-0.25, -0.2) is 9.59 Å². The number of carbonyl (C=O) groups is 2. The van der Waals surface area contributed by atoms with Gasteiger partial charge < -0.3 is 19.2 Å². The van der Waals surface area contributed by atoms with E-state index in [-0.39, 0.29) is 11.3 Å². The molecule has 1 heterocycles. The third-order valence-corrected chi connectivity index (χ3v) is 3.65. The molecule has 0 spiro atoms. The minimum atomic E-state index is -0.646. The summed E-state index contributed by atoms with van der Waals surface area (Å²) in [6, 6.07) is 3.42. The summed E-state index contributed by atoms with van der Waals surface area (Å²) in [7, 11) is 4.00. The van der Waals surface area contributed by atoms with Gasteiger partial charge in [-0.2, -0.15) is 0 Å². The third kappa shape index (κ3) is 2.14. The highest BCUT2D eigenvalue weighted by Gasteiger charge is 2.27. The molecule has 0 amide bonds. The van der Waals surface area contributed by atoms with E-state index in [4.69, 9.17) is 9.47 Å². The van der Waals surface area contributed by atoms with Crippen molar-refractivity contribution in [1.29, 1.82) is 0 Å². The van der Waals surface area contributed by atoms with Gasteiger partial charge in [-0.15, -0.1) is 0 Å². The molecule has 1 aromatic heterocycles. The van der Waals surface area contributed by atoms with Crippen LogP contribution in [0.1, 0.15) is 20.8 Å². The fourth-order valence-corrected chi connectivity index (χ4v) is 2.65. The summed E-state index contributed by atoms with van der Waals surface area (Å²) in [6.07, 6.45) is 0. The first-order valence-corrected chi connectivity index (χ1v) is 6.39. The van der Waals surface area contributed by atoms with Gasteiger partial charge in [0.25, 0.3) is 0 Å². The zero-order chi connectivity index (χ0) is 14.9. The Morgan fingerprint density at radius 1 is 1.10 bits per heavy atom. The molecule has 0 unspecified atom stereocenters. The molecule has 6 nitrogen and oxygen atoms in total. The summed E-state index contributed by atoms with van der Waals surface area (Å²) in [4.78, 5) is 26.6. The lowest BCUT2D eigenvalue weighted by molar-refractivity contribution is 0.0553. The van der Waals surface area contributed by atoms with Gasteiger partial charge in [0.15, 0.2) is 0 Å². The second-order valence-corrected chi connectivity index (χ2v) is 4.66. The lowest BCUT2D eigenvalue weighted by atomic mass is 10.1. The van der Waals surface area contributed by atoms with Gasteiger partial charge in [0.05, 0.1) is 25.8 Å². The van der Waals surface area contributed by atoms with Crippen molar-refractivity contribution in [3.05, 3.63) is 27.9 Å². The number of aromatic nitrogens is 1. The van der Waals surface area contributed by atoms with Crippen molar-refractivity contribution in [3.8, 4) is 5.75 Å². The predicted octanol–water partition coefficient (Wildman–Crippen LogP) is 2.51. The Hall–Kier alpha value is -2.02. The molecule has 0 aliphatic carbocycles. The predicted molar refractivity (Wildman–Crippen MR) is 75.2 cm³/mol. The minimum absolute atomic E-state index is 0.0447. The van der Waals surface area contributed by atoms with Crippen molar-refractivity contribution in [3.63, 3.8) is 0 Å². The number of benzene rings is 1. The second-order valence-electron chi connectivity index (χ2n) is 3.86. The van der Waals surface area contributed by atoms with Gasteiger partial charge in [0.2, 0.25) is 0 Å². The first kappa shape index (κ1) is 14.4. The SMILES string of the molecule is COC(=O)c1[nH]c2ccc(OC)c(Br)c2c1C(=O)OC. The molecule has 1 aromatic carbocycles. The van der Waals surface area contributed by atoms with Gasteiger partial charge in [-0.3, -0.25) is 0 Å². The average molecular weight is 342 g/mol. The largest absolute Gasteiger partial charge is 0.496 e. The van der Waals surface area contributed by atoms with Crippen molar-refractivity contribution in [1.82, 2.24) is 4.98 Å². The number of aromatic amines is 1. The van der Waals surface area contributed by atoms with E-state index in [2.05, 4.69) is 25.7 Å². The summed E-state index contributed by atoms with van der Waals surface area (Å²) < 4.78 is 15.2. The maximum atomic E-state index is 12.0. The Morgan fingerprint density at radius 2 is 1.75 bits per heavy atom. The molecule has 0 fully saturated rings. The highest BCUT2D eigenvalue weighted by molar-refractivity contribution is 9.10. The number of halogens is 1. The molecular weight excluding hydrogens is 330 g/mol. The van der Waals surface area contributed by atoms with Crippen LogP contribution in [-0.4, -0.2) is 38.3 Å². The smallest absolute Gasteiger partial charge is 0.355 e. The number of H-pyrrole nitrogens is 1. The highest BCUT2D eigenvalue weighted by Crippen LogP contribution is 2.37. The van der Waals surface area contributed by atoms with Crippen molar-refractivity contribution in [2.24, 2.45) is 0 Å². The van der Waals surface area contributed by atoms with Crippen LogP contribution >= 0.6 is 15.9 Å². The number of hydrogen-bond donors (Lipinski definition) is 1. The second kappa shape index (κ2) is 5.54. The summed E-state index contributed by atoms with van der Waals surface area (Å²) in [5, 5.41) is 0.511. The van der Waals surface area contributed by atoms with E-state index in [9.17, 15) is 9.59 Å². The topological polar surface area (TPSA) is 77.6 Å². The summed E-state index contributed by atoms with van der Waals surface area (Å²) in [5.74, 6) is -0.740. The van der Waals surface area contributed by atoms with E-state index in [1.54, 1.807) is 12.1 Å². The molecule has 106 valence electrons. The standard InChI is InChI=1S/C13H12BrNO5/c1-18-7-5-4-6-8(10(7)14)9(12(16)19-2)11(15-6)13(17)20-3/h4-5,15H,1-3H3. The molecule has 0 saturated heterocycles. The molecule has 0 saturated carbocycles. The van der Waals surface area contributed by atoms with Crippen LogP contribution in [0.3, 0.4) is 0 Å². The Bertz CT molecular complexity index is 692. The van der Waals surface area contributed by atoms with E-state index in [0.717, 1.165) is 0 Å². The fraction of sp³-hybridized carbons (Fsp3) is 0.231. The molecule has 2 aromatic rings. The average Bonchev–Trinajstić information content (AvgIpc) is 2.86. The molecule has 0 aliphatic rings. The fourth-order valence-electron chi connectivity index (χ4n) is 1.95. The Kier molecular flexibility index (Phi) is 3.99. The minimum Gasteiger partial charge on any atom is -0.496 e. The van der Waals surface area contributed by atoms with Crippen molar-refractivity contribution >= 4 is 38.8 Å². The number of methoxy groups -OCH3 is 3. The van der Waals surface area contributed by atoms with E-state index in [0.29, 0.717) is 21.1 Å². The Balaban J connectivity index is 2.85. The number of carbonyl (C=O) groups excluding carboxylic acids is 2. The van der Waals surface area contributed by atoms with Crippen LogP contribution in [0.15, 0.2) is 16.6 Å². The number of fused-ring (bicyclic) bond motifs is 1. The van der Waals surface area contributed by atoms with Gasteiger partial charge in [-0.1, -0.05) is 0 Å². The normalized spacial score (nSPS) is 10.4. The van der Waals surface area contributed by atoms with Crippen LogP contribution in [-0.2, 0) is 9.47 Å². The number of rotatable bonds is 3. The monoisotopic (exact) mass is 341 g/mol. The van der Waals surface area contributed by atoms with E-state index < -0.39 is 11.9 Å². The molecule has 0 radical (unpaired) electrons. The number of hydrogen-bond acceptors (Lipinski definition) is 5. The molecule has 0 bridgehead atoms. The first-order valence-electron chi connectivity index (χ1n) is 5.60. The van der Waals surface area contributed by atoms with Crippen LogP contribution in [0, 0.1) is 0 Å². The zero-order valence-corrected chi connectivity index (χ0v) is 12.7. The van der Waals surface area contributed by atoms with Crippen LogP contribution in [0.4, 0.5) is 0 Å². The Labute approximate surface area is 123 Å². The molecule has 20 heavy (non-hydrogen) atoms. The number of nitrogens with one attached hydrogen (secondary N) is 1.